The van der Waals surface area contributed by atoms with Crippen LogP contribution in [0.3, 0.4) is 0 Å². The van der Waals surface area contributed by atoms with Gasteiger partial charge in [0.05, 0.1) is 12.0 Å². The van der Waals surface area contributed by atoms with Crippen LogP contribution in [0.25, 0.3) is 0 Å². The van der Waals surface area contributed by atoms with Crippen LogP contribution in [0.1, 0.15) is 25.8 Å². The second-order valence-corrected chi connectivity index (χ2v) is 4.93. The average Bonchev–Trinajstić information content (AvgIpc) is 2.43. The molecule has 7 heteroatoms. The van der Waals surface area contributed by atoms with Gasteiger partial charge in [0.15, 0.2) is 0 Å². The molecular formula is C14H17N2O5-. The van der Waals surface area contributed by atoms with E-state index in [1.54, 1.807) is 0 Å². The molecule has 114 valence electrons. The number of benzene rings is 1. The molecule has 0 heterocycles. The largest absolute Gasteiger partial charge is 0.872 e. The average molecular weight is 293 g/mol. The third kappa shape index (κ3) is 4.87. The highest BCUT2D eigenvalue weighted by Gasteiger charge is 2.18. The first kappa shape index (κ1) is 16.6. The first-order valence-corrected chi connectivity index (χ1v) is 6.41. The van der Waals surface area contributed by atoms with Gasteiger partial charge in [0.25, 0.3) is 5.69 Å². The molecule has 1 aromatic carbocycles. The number of rotatable bonds is 6. The molecule has 0 aliphatic carbocycles. The summed E-state index contributed by atoms with van der Waals surface area (Å²) in [5.74, 6) is -0.682. The summed E-state index contributed by atoms with van der Waals surface area (Å²) in [7, 11) is 1.26. The number of carbonyl (C=O) groups is 1. The zero-order valence-corrected chi connectivity index (χ0v) is 12.1. The van der Waals surface area contributed by atoms with Gasteiger partial charge in [0.1, 0.15) is 6.04 Å². The van der Waals surface area contributed by atoms with Crippen LogP contribution >= 0.6 is 0 Å². The molecule has 1 rings (SSSR count). The molecule has 0 amide bonds. The minimum Gasteiger partial charge on any atom is -0.872 e. The van der Waals surface area contributed by atoms with Crippen molar-refractivity contribution in [1.82, 2.24) is 0 Å². The summed E-state index contributed by atoms with van der Waals surface area (Å²) < 4.78 is 4.65. The van der Waals surface area contributed by atoms with E-state index < -0.39 is 22.7 Å². The van der Waals surface area contributed by atoms with Gasteiger partial charge >= 0.3 is 5.97 Å². The number of hydrogen-bond acceptors (Lipinski definition) is 6. The fourth-order valence-electron chi connectivity index (χ4n) is 1.72. The van der Waals surface area contributed by atoms with Gasteiger partial charge in [-0.1, -0.05) is 25.7 Å². The number of nitro groups is 1. The summed E-state index contributed by atoms with van der Waals surface area (Å²) in [5.41, 5.74) is -0.128. The van der Waals surface area contributed by atoms with Crippen LogP contribution in [-0.2, 0) is 9.53 Å². The predicted octanol–water partition coefficient (Wildman–Crippen LogP) is 1.67. The lowest BCUT2D eigenvalue weighted by Crippen LogP contribution is -2.22. The van der Waals surface area contributed by atoms with Gasteiger partial charge in [-0.15, -0.1) is 0 Å². The smallest absolute Gasteiger partial charge is 0.330 e. The molecule has 0 aliphatic heterocycles. The topological polar surface area (TPSA) is 105 Å². The number of esters is 1. The van der Waals surface area contributed by atoms with Crippen LogP contribution in [-0.4, -0.2) is 30.3 Å². The van der Waals surface area contributed by atoms with Gasteiger partial charge in [-0.25, -0.2) is 4.79 Å². The Morgan fingerprint density at radius 2 is 2.14 bits per heavy atom. The summed E-state index contributed by atoms with van der Waals surface area (Å²) in [5, 5.41) is 22.3. The van der Waals surface area contributed by atoms with Crippen molar-refractivity contribution in [1.29, 1.82) is 0 Å². The molecule has 0 fully saturated rings. The Morgan fingerprint density at radius 1 is 1.48 bits per heavy atom. The molecule has 1 atom stereocenters. The molecule has 0 aromatic heterocycles. The van der Waals surface area contributed by atoms with E-state index in [-0.39, 0.29) is 17.2 Å². The Balaban J connectivity index is 3.02. The number of non-ortho nitro benzene ring substituents is 1. The van der Waals surface area contributed by atoms with Crippen molar-refractivity contribution < 1.29 is 19.6 Å². The quantitative estimate of drug-likeness (QED) is 0.343. The standard InChI is InChI=1S/C14H18N2O5/c1-9(2)6-12(14(18)21-3)15-8-10-7-11(16(19)20)4-5-13(10)17/h4-5,7-9,12,17H,6H2,1-3H3/p-1/t12-/m0/s1. The number of carbonyl (C=O) groups excluding carboxylic acids is 1. The maximum absolute atomic E-state index is 11.6. The number of hydrogen-bond donors (Lipinski definition) is 0. The van der Waals surface area contributed by atoms with Gasteiger partial charge in [0, 0.05) is 18.3 Å². The summed E-state index contributed by atoms with van der Waals surface area (Å²) in [6.07, 6.45) is 1.66. The summed E-state index contributed by atoms with van der Waals surface area (Å²) in [6, 6.07) is 2.64. The first-order valence-electron chi connectivity index (χ1n) is 6.41. The lowest BCUT2D eigenvalue weighted by Gasteiger charge is -2.13. The minimum atomic E-state index is -0.728. The van der Waals surface area contributed by atoms with E-state index in [1.807, 2.05) is 13.8 Å². The number of ether oxygens (including phenoxy) is 1. The van der Waals surface area contributed by atoms with Gasteiger partial charge in [-0.2, -0.15) is 0 Å². The molecule has 0 unspecified atom stereocenters. The summed E-state index contributed by atoms with van der Waals surface area (Å²) in [6.45, 7) is 3.86. The Morgan fingerprint density at radius 3 is 2.67 bits per heavy atom. The molecule has 0 radical (unpaired) electrons. The van der Waals surface area contributed by atoms with Crippen LogP contribution in [0.4, 0.5) is 5.69 Å². The highest BCUT2D eigenvalue weighted by atomic mass is 16.6. The van der Waals surface area contributed by atoms with Gasteiger partial charge < -0.3 is 9.84 Å². The van der Waals surface area contributed by atoms with Crippen LogP contribution < -0.4 is 5.11 Å². The van der Waals surface area contributed by atoms with Crippen molar-refractivity contribution in [2.45, 2.75) is 26.3 Å². The molecule has 0 saturated carbocycles. The molecule has 7 nitrogen and oxygen atoms in total. The molecule has 0 bridgehead atoms. The Bertz CT molecular complexity index is 554. The second-order valence-electron chi connectivity index (χ2n) is 4.93. The van der Waals surface area contributed by atoms with E-state index >= 15 is 0 Å². The number of nitrogens with zero attached hydrogens (tertiary/aromatic N) is 2. The number of aliphatic imine (C=N–C) groups is 1. The van der Waals surface area contributed by atoms with Crippen molar-refractivity contribution in [2.75, 3.05) is 7.11 Å². The minimum absolute atomic E-state index is 0.0712. The van der Waals surface area contributed by atoms with E-state index in [0.717, 1.165) is 18.2 Å². The third-order valence-corrected chi connectivity index (χ3v) is 2.77. The highest BCUT2D eigenvalue weighted by Crippen LogP contribution is 2.20. The van der Waals surface area contributed by atoms with Crippen LogP contribution in [0.15, 0.2) is 23.2 Å². The van der Waals surface area contributed by atoms with Crippen molar-refractivity contribution in [2.24, 2.45) is 10.9 Å². The van der Waals surface area contributed by atoms with E-state index in [1.165, 1.54) is 13.3 Å². The van der Waals surface area contributed by atoms with Gasteiger partial charge in [-0.3, -0.25) is 15.1 Å². The number of methoxy groups -OCH3 is 1. The van der Waals surface area contributed by atoms with Crippen molar-refractivity contribution in [3.05, 3.63) is 33.9 Å². The molecular weight excluding hydrogens is 276 g/mol. The Kier molecular flexibility index (Phi) is 5.83. The fourth-order valence-corrected chi connectivity index (χ4v) is 1.72. The zero-order chi connectivity index (χ0) is 16.0. The molecule has 0 N–H and O–H groups in total. The first-order chi connectivity index (χ1) is 9.85. The van der Waals surface area contributed by atoms with Gasteiger partial charge in [0.2, 0.25) is 0 Å². The molecule has 1 aromatic rings. The van der Waals surface area contributed by atoms with E-state index in [2.05, 4.69) is 9.73 Å². The van der Waals surface area contributed by atoms with Crippen LogP contribution in [0.2, 0.25) is 0 Å². The van der Waals surface area contributed by atoms with Crippen molar-refractivity contribution in [3.63, 3.8) is 0 Å². The molecule has 0 aliphatic rings. The van der Waals surface area contributed by atoms with E-state index in [9.17, 15) is 20.0 Å². The third-order valence-electron chi connectivity index (χ3n) is 2.77. The molecule has 21 heavy (non-hydrogen) atoms. The normalized spacial score (nSPS) is 12.6. The summed E-state index contributed by atoms with van der Waals surface area (Å²) in [4.78, 5) is 25.7. The van der Waals surface area contributed by atoms with E-state index in [0.29, 0.717) is 6.42 Å². The lowest BCUT2D eigenvalue weighted by atomic mass is 10.0. The SMILES string of the molecule is COC(=O)[C@H](CC(C)C)N=Cc1cc([N+](=O)[O-])ccc1[O-]. The van der Waals surface area contributed by atoms with Crippen molar-refractivity contribution in [3.8, 4) is 5.75 Å². The maximum atomic E-state index is 11.6. The predicted molar refractivity (Wildman–Crippen MR) is 75.4 cm³/mol. The van der Waals surface area contributed by atoms with E-state index in [4.69, 9.17) is 0 Å². The monoisotopic (exact) mass is 293 g/mol. The molecule has 0 saturated heterocycles. The highest BCUT2D eigenvalue weighted by molar-refractivity contribution is 5.87. The summed E-state index contributed by atoms with van der Waals surface area (Å²) >= 11 is 0. The zero-order valence-electron chi connectivity index (χ0n) is 12.1. The number of nitro benzene ring substituents is 1. The Hall–Kier alpha value is -2.44. The van der Waals surface area contributed by atoms with Crippen LogP contribution in [0, 0.1) is 16.0 Å². The molecule has 0 spiro atoms. The second kappa shape index (κ2) is 7.37. The Labute approximate surface area is 122 Å². The van der Waals surface area contributed by atoms with Crippen LogP contribution in [0.5, 0.6) is 5.75 Å². The maximum Gasteiger partial charge on any atom is 0.330 e. The fraction of sp³-hybridized carbons (Fsp3) is 0.429. The van der Waals surface area contributed by atoms with Crippen molar-refractivity contribution >= 4 is 17.9 Å². The van der Waals surface area contributed by atoms with Gasteiger partial charge in [-0.05, 0) is 17.9 Å². The lowest BCUT2D eigenvalue weighted by molar-refractivity contribution is -0.385.